The molecule has 0 fully saturated rings. The number of aromatic hydroxyl groups is 1. The summed E-state index contributed by atoms with van der Waals surface area (Å²) in [5.41, 5.74) is 7.49. The second kappa shape index (κ2) is 9.02. The van der Waals surface area contributed by atoms with E-state index in [0.717, 1.165) is 49.9 Å². The minimum atomic E-state index is 0.155. The van der Waals surface area contributed by atoms with Gasteiger partial charge in [-0.3, -0.25) is 0 Å². The highest BCUT2D eigenvalue weighted by molar-refractivity contribution is 6.09. The van der Waals surface area contributed by atoms with Gasteiger partial charge in [-0.05, 0) is 35.9 Å². The lowest BCUT2D eigenvalue weighted by molar-refractivity contribution is 0.475. The Bertz CT molecular complexity index is 2020. The van der Waals surface area contributed by atoms with Crippen LogP contribution in [0.5, 0.6) is 5.75 Å². The lowest BCUT2D eigenvalue weighted by atomic mass is 9.92. The molecule has 4 aromatic carbocycles. The van der Waals surface area contributed by atoms with E-state index >= 15 is 0 Å². The average Bonchev–Trinajstić information content (AvgIpc) is 3.59. The number of aromatic amines is 1. The van der Waals surface area contributed by atoms with Crippen molar-refractivity contribution in [3.63, 3.8) is 0 Å². The topological polar surface area (TPSA) is 90.5 Å². The summed E-state index contributed by atoms with van der Waals surface area (Å²) in [4.78, 5) is 8.50. The number of hydrogen-bond donors (Lipinski definition) is 2. The first-order valence-corrected chi connectivity index (χ1v) is 12.6. The molecule has 0 amide bonds. The molecule has 3 aromatic heterocycles. The number of nitrogens with one attached hydrogen (secondary N) is 1. The Kier molecular flexibility index (Phi) is 5.21. The molecule has 0 aliphatic heterocycles. The highest BCUT2D eigenvalue weighted by Gasteiger charge is 2.26. The van der Waals surface area contributed by atoms with E-state index in [0.29, 0.717) is 16.9 Å². The number of hydrogen-bond acceptors (Lipinski definition) is 4. The number of para-hydroxylation sites is 2. The number of phenols is 1. The van der Waals surface area contributed by atoms with E-state index in [1.807, 2.05) is 108 Å². The smallest absolute Gasteiger partial charge is 0.164 e. The number of nitrogens with zero attached hydrogens (tertiary/aromatic N) is 4. The zero-order valence-electron chi connectivity index (χ0n) is 20.7. The summed E-state index contributed by atoms with van der Waals surface area (Å²) in [6.07, 6.45) is 1.90. The third-order valence-corrected chi connectivity index (χ3v) is 6.98. The number of H-pyrrole nitrogens is 1. The summed E-state index contributed by atoms with van der Waals surface area (Å²) in [6.45, 7) is 0. The Morgan fingerprint density at radius 3 is 2.18 bits per heavy atom. The molecule has 39 heavy (non-hydrogen) atoms. The van der Waals surface area contributed by atoms with Crippen molar-refractivity contribution >= 4 is 21.9 Å². The molecule has 0 saturated heterocycles. The summed E-state index contributed by atoms with van der Waals surface area (Å²) >= 11 is 0. The van der Waals surface area contributed by atoms with Crippen LogP contribution in [-0.4, -0.2) is 24.9 Å². The molecule has 2 N–H and O–H groups in total. The molecular formula is C33H21N5O. The maximum absolute atomic E-state index is 10.7. The van der Waals surface area contributed by atoms with Gasteiger partial charge in [-0.25, -0.2) is 9.67 Å². The summed E-state index contributed by atoms with van der Waals surface area (Å²) in [6, 6.07) is 37.2. The summed E-state index contributed by atoms with van der Waals surface area (Å²) in [7, 11) is 0. The summed E-state index contributed by atoms with van der Waals surface area (Å²) < 4.78 is 1.85. The van der Waals surface area contributed by atoms with E-state index in [-0.39, 0.29) is 5.75 Å². The van der Waals surface area contributed by atoms with Gasteiger partial charge in [-0.1, -0.05) is 78.9 Å². The normalized spacial score (nSPS) is 11.2. The molecule has 0 aliphatic rings. The van der Waals surface area contributed by atoms with Crippen LogP contribution in [0.4, 0.5) is 0 Å². The van der Waals surface area contributed by atoms with Crippen molar-refractivity contribution in [2.75, 3.05) is 0 Å². The molecule has 6 nitrogen and oxygen atoms in total. The largest absolute Gasteiger partial charge is 0.508 e. The molecule has 0 unspecified atom stereocenters. The second-order valence-corrected chi connectivity index (χ2v) is 9.28. The molecule has 6 heteroatoms. The predicted octanol–water partition coefficient (Wildman–Crippen LogP) is 7.48. The standard InChI is InChI=1S/C33H21N5O/c34-19-26-29(21-15-17-24(39)18-16-21)30-31(22-9-3-1-4-10-22)37-38(23-11-5-2-6-12-23)33(30)36-32(26)27-20-35-28-14-8-7-13-25(27)28/h1-18,20,35,39H. The second-order valence-electron chi connectivity index (χ2n) is 9.28. The van der Waals surface area contributed by atoms with Gasteiger partial charge in [0.05, 0.1) is 22.3 Å². The van der Waals surface area contributed by atoms with Crippen LogP contribution in [0.2, 0.25) is 0 Å². The highest BCUT2D eigenvalue weighted by Crippen LogP contribution is 2.43. The van der Waals surface area contributed by atoms with Crippen molar-refractivity contribution in [3.8, 4) is 51.1 Å². The zero-order valence-corrected chi connectivity index (χ0v) is 20.7. The van der Waals surface area contributed by atoms with E-state index < -0.39 is 0 Å². The molecule has 0 spiro atoms. The minimum Gasteiger partial charge on any atom is -0.508 e. The monoisotopic (exact) mass is 503 g/mol. The predicted molar refractivity (Wildman–Crippen MR) is 153 cm³/mol. The Labute approximate surface area is 224 Å². The molecule has 0 atom stereocenters. The van der Waals surface area contributed by atoms with Gasteiger partial charge in [0.1, 0.15) is 17.5 Å². The van der Waals surface area contributed by atoms with Crippen molar-refractivity contribution < 1.29 is 5.11 Å². The number of phenolic OH excluding ortho intramolecular Hbond substituents is 1. The molecule has 184 valence electrons. The van der Waals surface area contributed by atoms with Gasteiger partial charge in [0.15, 0.2) is 5.65 Å². The average molecular weight is 504 g/mol. The number of fused-ring (bicyclic) bond motifs is 2. The van der Waals surface area contributed by atoms with Crippen molar-refractivity contribution in [3.05, 3.63) is 121 Å². The first-order valence-electron chi connectivity index (χ1n) is 12.6. The number of pyridine rings is 1. The number of benzene rings is 4. The van der Waals surface area contributed by atoms with Crippen LogP contribution in [0, 0.1) is 11.3 Å². The first kappa shape index (κ1) is 22.5. The lowest BCUT2D eigenvalue weighted by Gasteiger charge is -2.13. The highest BCUT2D eigenvalue weighted by atomic mass is 16.3. The van der Waals surface area contributed by atoms with Gasteiger partial charge in [-0.2, -0.15) is 10.4 Å². The van der Waals surface area contributed by atoms with Crippen LogP contribution < -0.4 is 0 Å². The Morgan fingerprint density at radius 1 is 0.744 bits per heavy atom. The van der Waals surface area contributed by atoms with E-state index in [9.17, 15) is 10.4 Å². The molecule has 0 bridgehead atoms. The quantitative estimate of drug-likeness (QED) is 0.260. The minimum absolute atomic E-state index is 0.155. The van der Waals surface area contributed by atoms with Crippen LogP contribution in [0.25, 0.3) is 61.3 Å². The molecule has 0 saturated carbocycles. The van der Waals surface area contributed by atoms with Gasteiger partial charge >= 0.3 is 0 Å². The maximum atomic E-state index is 10.7. The van der Waals surface area contributed by atoms with Crippen molar-refractivity contribution in [2.24, 2.45) is 0 Å². The fraction of sp³-hybridized carbons (Fsp3) is 0. The zero-order chi connectivity index (χ0) is 26.3. The Balaban J connectivity index is 1.68. The van der Waals surface area contributed by atoms with Gasteiger partial charge in [-0.15, -0.1) is 0 Å². The Morgan fingerprint density at radius 2 is 1.44 bits per heavy atom. The van der Waals surface area contributed by atoms with Gasteiger partial charge < -0.3 is 10.1 Å². The van der Waals surface area contributed by atoms with Crippen LogP contribution in [0.3, 0.4) is 0 Å². The molecule has 7 rings (SSSR count). The van der Waals surface area contributed by atoms with Crippen LogP contribution >= 0.6 is 0 Å². The lowest BCUT2D eigenvalue weighted by Crippen LogP contribution is -2.01. The summed E-state index contributed by atoms with van der Waals surface area (Å²) in [5, 5.41) is 27.5. The molecular weight excluding hydrogens is 482 g/mol. The molecule has 0 radical (unpaired) electrons. The molecule has 7 aromatic rings. The van der Waals surface area contributed by atoms with E-state index in [4.69, 9.17) is 10.1 Å². The van der Waals surface area contributed by atoms with Crippen molar-refractivity contribution in [2.45, 2.75) is 0 Å². The first-order chi connectivity index (χ1) is 19.2. The van der Waals surface area contributed by atoms with Crippen LogP contribution in [0.15, 0.2) is 115 Å². The van der Waals surface area contributed by atoms with E-state index in [1.165, 1.54) is 0 Å². The molecule has 0 aliphatic carbocycles. The van der Waals surface area contributed by atoms with Crippen molar-refractivity contribution in [1.29, 1.82) is 5.26 Å². The van der Waals surface area contributed by atoms with E-state index in [1.54, 1.807) is 12.1 Å². The van der Waals surface area contributed by atoms with Crippen LogP contribution in [0.1, 0.15) is 5.56 Å². The summed E-state index contributed by atoms with van der Waals surface area (Å²) in [5.74, 6) is 0.155. The van der Waals surface area contributed by atoms with Gasteiger partial charge in [0.2, 0.25) is 0 Å². The third-order valence-electron chi connectivity index (χ3n) is 6.98. The van der Waals surface area contributed by atoms with Gasteiger partial charge in [0, 0.05) is 33.8 Å². The number of rotatable bonds is 4. The van der Waals surface area contributed by atoms with Crippen molar-refractivity contribution in [1.82, 2.24) is 19.7 Å². The molecule has 3 heterocycles. The van der Waals surface area contributed by atoms with Crippen LogP contribution in [-0.2, 0) is 0 Å². The van der Waals surface area contributed by atoms with Gasteiger partial charge in [0.25, 0.3) is 0 Å². The fourth-order valence-corrected chi connectivity index (χ4v) is 5.18. The Hall–Kier alpha value is -5.67. The maximum Gasteiger partial charge on any atom is 0.164 e. The SMILES string of the molecule is N#Cc1c(-c2c[nH]c3ccccc23)nc2c(c(-c3ccccc3)nn2-c2ccccc2)c1-c1ccc(O)cc1. The number of nitriles is 1. The van der Waals surface area contributed by atoms with E-state index in [2.05, 4.69) is 11.1 Å². The number of aromatic nitrogens is 4. The fourth-order valence-electron chi connectivity index (χ4n) is 5.18. The third kappa shape index (κ3) is 3.64.